The quantitative estimate of drug-likeness (QED) is 0.641. The fourth-order valence-electron chi connectivity index (χ4n) is 2.44. The summed E-state index contributed by atoms with van der Waals surface area (Å²) in [6.45, 7) is 6.39. The molecular weight excluding hydrogens is 332 g/mol. The van der Waals surface area contributed by atoms with Gasteiger partial charge < -0.3 is 5.32 Å². The van der Waals surface area contributed by atoms with Crippen molar-refractivity contribution in [2.45, 2.75) is 20.8 Å². The zero-order chi connectivity index (χ0) is 14.3. The lowest BCUT2D eigenvalue weighted by Crippen LogP contribution is -1.96. The zero-order valence-electron chi connectivity index (χ0n) is 11.6. The van der Waals surface area contributed by atoms with Gasteiger partial charge in [-0.2, -0.15) is 0 Å². The highest BCUT2D eigenvalue weighted by molar-refractivity contribution is 9.10. The third-order valence-electron chi connectivity index (χ3n) is 3.26. The molecule has 2 aromatic carbocycles. The van der Waals surface area contributed by atoms with Crippen LogP contribution < -0.4 is 5.32 Å². The second-order valence-corrected chi connectivity index (χ2v) is 6.98. The van der Waals surface area contributed by atoms with Crippen molar-refractivity contribution in [3.05, 3.63) is 51.5 Å². The average Bonchev–Trinajstić information content (AvgIpc) is 2.75. The smallest absolute Gasteiger partial charge is 0.188 e. The highest BCUT2D eigenvalue weighted by Crippen LogP contribution is 2.32. The van der Waals surface area contributed by atoms with Crippen LogP contribution in [0, 0.1) is 20.8 Å². The summed E-state index contributed by atoms with van der Waals surface area (Å²) in [7, 11) is 0. The first-order valence-electron chi connectivity index (χ1n) is 6.44. The van der Waals surface area contributed by atoms with Gasteiger partial charge >= 0.3 is 0 Å². The highest BCUT2D eigenvalue weighted by atomic mass is 79.9. The number of nitrogens with zero attached hydrogens (tertiary/aromatic N) is 1. The third-order valence-corrected chi connectivity index (χ3v) is 4.69. The maximum absolute atomic E-state index is 4.64. The van der Waals surface area contributed by atoms with E-state index in [0.29, 0.717) is 0 Å². The molecule has 0 aliphatic rings. The van der Waals surface area contributed by atoms with Gasteiger partial charge in [0.05, 0.1) is 10.2 Å². The Labute approximate surface area is 131 Å². The minimum atomic E-state index is 0.938. The Morgan fingerprint density at radius 1 is 1.05 bits per heavy atom. The average molecular weight is 347 g/mol. The molecule has 3 rings (SSSR count). The minimum Gasteiger partial charge on any atom is -0.331 e. The number of fused-ring (bicyclic) bond motifs is 1. The number of hydrogen-bond acceptors (Lipinski definition) is 3. The standard InChI is InChI=1S/C16H15BrN2S/c1-9-6-10(2)15(11(3)7-9)19-16-18-13-5-4-12(17)8-14(13)20-16/h4-8H,1-3H3,(H,18,19). The predicted molar refractivity (Wildman–Crippen MR) is 91.3 cm³/mol. The topological polar surface area (TPSA) is 24.9 Å². The van der Waals surface area contributed by atoms with E-state index in [1.165, 1.54) is 21.4 Å². The Bertz CT molecular complexity index is 769. The second-order valence-electron chi connectivity index (χ2n) is 5.03. The molecule has 0 aliphatic carbocycles. The molecule has 0 radical (unpaired) electrons. The minimum absolute atomic E-state index is 0.938. The second kappa shape index (κ2) is 5.19. The number of thiazole rings is 1. The number of aromatic nitrogens is 1. The molecule has 4 heteroatoms. The van der Waals surface area contributed by atoms with Gasteiger partial charge in [-0.05, 0) is 50.1 Å². The van der Waals surface area contributed by atoms with E-state index < -0.39 is 0 Å². The number of halogens is 1. The Balaban J connectivity index is 2.01. The first-order valence-corrected chi connectivity index (χ1v) is 8.05. The largest absolute Gasteiger partial charge is 0.331 e. The molecule has 1 heterocycles. The fourth-order valence-corrected chi connectivity index (χ4v) is 3.86. The summed E-state index contributed by atoms with van der Waals surface area (Å²) in [5.74, 6) is 0. The van der Waals surface area contributed by atoms with Gasteiger partial charge in [-0.3, -0.25) is 0 Å². The number of rotatable bonds is 2. The zero-order valence-corrected chi connectivity index (χ0v) is 14.0. The molecule has 3 aromatic rings. The monoisotopic (exact) mass is 346 g/mol. The van der Waals surface area contributed by atoms with E-state index in [2.05, 4.69) is 65.2 Å². The molecule has 0 atom stereocenters. The summed E-state index contributed by atoms with van der Waals surface area (Å²) in [6, 6.07) is 10.6. The van der Waals surface area contributed by atoms with Crippen LogP contribution in [0.2, 0.25) is 0 Å². The Morgan fingerprint density at radius 2 is 1.75 bits per heavy atom. The van der Waals surface area contributed by atoms with Crippen LogP contribution >= 0.6 is 27.3 Å². The first kappa shape index (κ1) is 13.6. The van der Waals surface area contributed by atoms with Crippen molar-refractivity contribution in [2.75, 3.05) is 5.32 Å². The lowest BCUT2D eigenvalue weighted by molar-refractivity contribution is 1.30. The van der Waals surface area contributed by atoms with Crippen molar-refractivity contribution in [3.63, 3.8) is 0 Å². The summed E-state index contributed by atoms with van der Waals surface area (Å²) in [5.41, 5.74) is 5.99. The van der Waals surface area contributed by atoms with Gasteiger partial charge in [0.2, 0.25) is 0 Å². The number of nitrogens with one attached hydrogen (secondary N) is 1. The Kier molecular flexibility index (Phi) is 3.52. The molecule has 0 saturated heterocycles. The van der Waals surface area contributed by atoms with Gasteiger partial charge in [-0.15, -0.1) is 0 Å². The molecule has 0 aliphatic heterocycles. The Morgan fingerprint density at radius 3 is 2.45 bits per heavy atom. The number of aryl methyl sites for hydroxylation is 3. The van der Waals surface area contributed by atoms with Crippen LogP contribution in [0.5, 0.6) is 0 Å². The third kappa shape index (κ3) is 2.58. The fraction of sp³-hybridized carbons (Fsp3) is 0.188. The highest BCUT2D eigenvalue weighted by Gasteiger charge is 2.08. The molecule has 0 amide bonds. The van der Waals surface area contributed by atoms with Crippen LogP contribution in [0.4, 0.5) is 10.8 Å². The lowest BCUT2D eigenvalue weighted by Gasteiger charge is -2.11. The van der Waals surface area contributed by atoms with E-state index in [-0.39, 0.29) is 0 Å². The summed E-state index contributed by atoms with van der Waals surface area (Å²) >= 11 is 5.17. The van der Waals surface area contributed by atoms with Gasteiger partial charge in [-0.1, -0.05) is 45.0 Å². The van der Waals surface area contributed by atoms with Crippen molar-refractivity contribution >= 4 is 48.3 Å². The molecule has 0 fully saturated rings. The van der Waals surface area contributed by atoms with Crippen LogP contribution in [0.15, 0.2) is 34.8 Å². The van der Waals surface area contributed by atoms with E-state index in [1.807, 2.05) is 12.1 Å². The van der Waals surface area contributed by atoms with Crippen LogP contribution in [-0.2, 0) is 0 Å². The van der Waals surface area contributed by atoms with Gasteiger partial charge in [-0.25, -0.2) is 4.98 Å². The van der Waals surface area contributed by atoms with E-state index in [9.17, 15) is 0 Å². The summed E-state index contributed by atoms with van der Waals surface area (Å²) in [4.78, 5) is 4.64. The maximum Gasteiger partial charge on any atom is 0.188 e. The van der Waals surface area contributed by atoms with Crippen molar-refractivity contribution in [1.29, 1.82) is 0 Å². The molecule has 0 bridgehead atoms. The SMILES string of the molecule is Cc1cc(C)c(Nc2nc3ccc(Br)cc3s2)c(C)c1. The Hall–Kier alpha value is -1.39. The van der Waals surface area contributed by atoms with Crippen molar-refractivity contribution in [2.24, 2.45) is 0 Å². The maximum atomic E-state index is 4.64. The van der Waals surface area contributed by atoms with Crippen molar-refractivity contribution in [1.82, 2.24) is 4.98 Å². The molecule has 20 heavy (non-hydrogen) atoms. The number of anilines is 2. The van der Waals surface area contributed by atoms with Crippen LogP contribution in [0.3, 0.4) is 0 Å². The van der Waals surface area contributed by atoms with Crippen LogP contribution in [-0.4, -0.2) is 4.98 Å². The van der Waals surface area contributed by atoms with Crippen LogP contribution in [0.1, 0.15) is 16.7 Å². The van der Waals surface area contributed by atoms with Gasteiger partial charge in [0.1, 0.15) is 0 Å². The number of benzene rings is 2. The first-order chi connectivity index (χ1) is 9.52. The molecule has 0 unspecified atom stereocenters. The van der Waals surface area contributed by atoms with E-state index >= 15 is 0 Å². The molecule has 102 valence electrons. The van der Waals surface area contributed by atoms with Gasteiger partial charge in [0.25, 0.3) is 0 Å². The van der Waals surface area contributed by atoms with E-state index in [1.54, 1.807) is 11.3 Å². The predicted octanol–water partition coefficient (Wildman–Crippen LogP) is 5.73. The molecule has 0 saturated carbocycles. The van der Waals surface area contributed by atoms with Crippen molar-refractivity contribution in [3.8, 4) is 0 Å². The summed E-state index contributed by atoms with van der Waals surface area (Å²) in [5, 5.41) is 4.41. The summed E-state index contributed by atoms with van der Waals surface area (Å²) < 4.78 is 2.27. The van der Waals surface area contributed by atoms with Gasteiger partial charge in [0, 0.05) is 10.2 Å². The number of hydrogen-bond donors (Lipinski definition) is 1. The molecule has 0 spiro atoms. The van der Waals surface area contributed by atoms with E-state index in [4.69, 9.17) is 0 Å². The van der Waals surface area contributed by atoms with Crippen molar-refractivity contribution < 1.29 is 0 Å². The normalized spacial score (nSPS) is 11.0. The lowest BCUT2D eigenvalue weighted by atomic mass is 10.1. The molecule has 2 nitrogen and oxygen atoms in total. The van der Waals surface area contributed by atoms with Crippen LogP contribution in [0.25, 0.3) is 10.2 Å². The summed E-state index contributed by atoms with van der Waals surface area (Å²) in [6.07, 6.45) is 0. The van der Waals surface area contributed by atoms with Gasteiger partial charge in [0.15, 0.2) is 5.13 Å². The molecular formula is C16H15BrN2S. The molecule has 1 aromatic heterocycles. The van der Waals surface area contributed by atoms with E-state index in [0.717, 1.165) is 20.8 Å². The molecule has 1 N–H and O–H groups in total.